The quantitative estimate of drug-likeness (QED) is 0.383. The third kappa shape index (κ3) is 3.90. The van der Waals surface area contributed by atoms with Gasteiger partial charge in [-0.2, -0.15) is 13.5 Å². The van der Waals surface area contributed by atoms with Gasteiger partial charge in [0.05, 0.1) is 11.8 Å². The second-order valence-electron chi connectivity index (χ2n) is 8.65. The van der Waals surface area contributed by atoms with Crippen molar-refractivity contribution in [1.82, 2.24) is 14.8 Å². The largest absolute Gasteiger partial charge is 0.508 e. The molecular formula is C26H21N3O6S. The molecule has 2 aliphatic heterocycles. The van der Waals surface area contributed by atoms with E-state index in [-0.39, 0.29) is 23.7 Å². The van der Waals surface area contributed by atoms with Gasteiger partial charge in [0.2, 0.25) is 0 Å². The fourth-order valence-electron chi connectivity index (χ4n) is 4.83. The third-order valence-electron chi connectivity index (χ3n) is 6.45. The monoisotopic (exact) mass is 503 g/mol. The van der Waals surface area contributed by atoms with Crippen molar-refractivity contribution in [1.29, 1.82) is 0 Å². The maximum Gasteiger partial charge on any atom is 0.315 e. The number of aromatic hydroxyl groups is 2. The van der Waals surface area contributed by atoms with Gasteiger partial charge in [-0.1, -0.05) is 24.3 Å². The molecule has 3 unspecified atom stereocenters. The summed E-state index contributed by atoms with van der Waals surface area (Å²) in [6.07, 6.45) is 1.99. The Morgan fingerprint density at radius 3 is 2.06 bits per heavy atom. The van der Waals surface area contributed by atoms with Crippen LogP contribution in [0, 0.1) is 0 Å². The number of hydrogen-bond donors (Lipinski definition) is 2. The molecule has 3 aromatic carbocycles. The van der Waals surface area contributed by atoms with Gasteiger partial charge in [0, 0.05) is 6.42 Å². The lowest BCUT2D eigenvalue weighted by Crippen LogP contribution is -2.35. The second-order valence-corrected chi connectivity index (χ2v) is 10.4. The van der Waals surface area contributed by atoms with Gasteiger partial charge >= 0.3 is 10.1 Å². The predicted molar refractivity (Wildman–Crippen MR) is 131 cm³/mol. The number of phenolic OH excluding ortho intramolecular Hbond substituents is 2. The van der Waals surface area contributed by atoms with E-state index in [0.29, 0.717) is 0 Å². The van der Waals surface area contributed by atoms with E-state index in [2.05, 4.69) is 10.1 Å². The number of phenols is 2. The van der Waals surface area contributed by atoms with Crippen molar-refractivity contribution in [2.45, 2.75) is 23.9 Å². The summed E-state index contributed by atoms with van der Waals surface area (Å²) in [7, 11) is -4.06. The van der Waals surface area contributed by atoms with E-state index in [0.717, 1.165) is 28.0 Å². The summed E-state index contributed by atoms with van der Waals surface area (Å²) in [5.74, 6) is 0.435. The molecule has 0 spiro atoms. The molecule has 9 nitrogen and oxygen atoms in total. The SMILES string of the molecule is O=S(=O)(Oc1ccc(-n2cncn2)cc1)C1CC2OC1C(c1ccc(O)cc1)=C2c1ccc(O)cc1. The van der Waals surface area contributed by atoms with Crippen molar-refractivity contribution < 1.29 is 27.6 Å². The molecule has 2 bridgehead atoms. The zero-order chi connectivity index (χ0) is 24.9. The lowest BCUT2D eigenvalue weighted by Gasteiger charge is -2.24. The Labute approximate surface area is 207 Å². The molecule has 10 heteroatoms. The van der Waals surface area contributed by atoms with Gasteiger partial charge in [0.1, 0.15) is 41.3 Å². The van der Waals surface area contributed by atoms with Crippen LogP contribution in [-0.4, -0.2) is 50.9 Å². The van der Waals surface area contributed by atoms with Crippen molar-refractivity contribution in [3.8, 4) is 22.9 Å². The minimum atomic E-state index is -4.06. The van der Waals surface area contributed by atoms with Crippen LogP contribution in [-0.2, 0) is 14.9 Å². The molecule has 6 rings (SSSR count). The molecule has 4 aromatic rings. The molecule has 1 saturated heterocycles. The topological polar surface area (TPSA) is 124 Å². The van der Waals surface area contributed by atoms with Gasteiger partial charge in [0.25, 0.3) is 0 Å². The van der Waals surface area contributed by atoms with Crippen molar-refractivity contribution in [3.05, 3.63) is 96.6 Å². The fourth-order valence-corrected chi connectivity index (χ4v) is 6.24. The van der Waals surface area contributed by atoms with Gasteiger partial charge in [-0.05, 0) is 70.8 Å². The smallest absolute Gasteiger partial charge is 0.315 e. The molecule has 0 amide bonds. The molecule has 3 atom stereocenters. The Kier molecular flexibility index (Phi) is 5.27. The molecule has 0 aliphatic carbocycles. The number of hydrogen-bond acceptors (Lipinski definition) is 8. The maximum atomic E-state index is 13.4. The predicted octanol–water partition coefficient (Wildman–Crippen LogP) is 3.54. The Balaban J connectivity index is 1.33. The van der Waals surface area contributed by atoms with Crippen LogP contribution in [0.2, 0.25) is 0 Å². The molecule has 3 heterocycles. The van der Waals surface area contributed by atoms with Crippen LogP contribution in [0.4, 0.5) is 0 Å². The molecule has 0 saturated carbocycles. The lowest BCUT2D eigenvalue weighted by atomic mass is 9.83. The summed E-state index contributed by atoms with van der Waals surface area (Å²) >= 11 is 0. The minimum Gasteiger partial charge on any atom is -0.508 e. The highest BCUT2D eigenvalue weighted by Crippen LogP contribution is 2.51. The van der Waals surface area contributed by atoms with Crippen molar-refractivity contribution in [2.24, 2.45) is 0 Å². The molecular weight excluding hydrogens is 482 g/mol. The summed E-state index contributed by atoms with van der Waals surface area (Å²) in [5, 5.41) is 22.6. The number of benzene rings is 3. The molecule has 2 N–H and O–H groups in total. The molecule has 182 valence electrons. The van der Waals surface area contributed by atoms with E-state index in [1.165, 1.54) is 6.33 Å². The molecule has 1 aromatic heterocycles. The van der Waals surface area contributed by atoms with E-state index in [1.54, 1.807) is 83.8 Å². The minimum absolute atomic E-state index is 0.108. The van der Waals surface area contributed by atoms with Crippen LogP contribution in [0.15, 0.2) is 85.5 Å². The Morgan fingerprint density at radius 1 is 0.861 bits per heavy atom. The van der Waals surface area contributed by atoms with E-state index in [4.69, 9.17) is 8.92 Å². The van der Waals surface area contributed by atoms with Crippen molar-refractivity contribution >= 4 is 21.3 Å². The standard InChI is InChI=1S/C26H21N3O6S/c30-19-7-1-16(2-8-19)24-22-13-23(26(34-22)25(24)17-3-9-20(31)10-4-17)36(32,33)35-21-11-5-18(6-12-21)29-15-27-14-28-29/h1-12,14-15,22-23,26,30-31H,13H2. The second kappa shape index (κ2) is 8.51. The molecule has 0 radical (unpaired) electrons. The highest BCUT2D eigenvalue weighted by atomic mass is 32.2. The zero-order valence-electron chi connectivity index (χ0n) is 18.8. The van der Waals surface area contributed by atoms with Crippen LogP contribution in [0.1, 0.15) is 17.5 Å². The van der Waals surface area contributed by atoms with Gasteiger partial charge < -0.3 is 19.1 Å². The van der Waals surface area contributed by atoms with Crippen LogP contribution >= 0.6 is 0 Å². The van der Waals surface area contributed by atoms with Crippen molar-refractivity contribution in [2.75, 3.05) is 0 Å². The lowest BCUT2D eigenvalue weighted by molar-refractivity contribution is 0.128. The summed E-state index contributed by atoms with van der Waals surface area (Å²) in [4.78, 5) is 3.90. The van der Waals surface area contributed by atoms with Crippen LogP contribution in [0.5, 0.6) is 17.2 Å². The number of rotatable bonds is 6. The normalized spacial score (nSPS) is 21.2. The van der Waals surface area contributed by atoms with Gasteiger partial charge in [-0.25, -0.2) is 9.67 Å². The van der Waals surface area contributed by atoms with E-state index >= 15 is 0 Å². The first-order valence-corrected chi connectivity index (χ1v) is 12.7. The Bertz CT molecular complexity index is 1530. The summed E-state index contributed by atoms with van der Waals surface area (Å²) in [5.41, 5.74) is 3.91. The summed E-state index contributed by atoms with van der Waals surface area (Å²) < 4.78 is 40.1. The zero-order valence-corrected chi connectivity index (χ0v) is 19.6. The maximum absolute atomic E-state index is 13.4. The molecule has 1 fully saturated rings. The first kappa shape index (κ1) is 22.3. The van der Waals surface area contributed by atoms with Crippen LogP contribution in [0.25, 0.3) is 16.8 Å². The van der Waals surface area contributed by atoms with E-state index in [9.17, 15) is 18.6 Å². The number of aromatic nitrogens is 3. The summed E-state index contributed by atoms with van der Waals surface area (Å²) in [6, 6.07) is 19.9. The highest BCUT2D eigenvalue weighted by Gasteiger charge is 2.53. The fraction of sp³-hybridized carbons (Fsp3) is 0.154. The van der Waals surface area contributed by atoms with E-state index in [1.807, 2.05) is 0 Å². The Hall–Kier alpha value is -4.15. The van der Waals surface area contributed by atoms with Crippen molar-refractivity contribution in [3.63, 3.8) is 0 Å². The van der Waals surface area contributed by atoms with Crippen LogP contribution in [0.3, 0.4) is 0 Å². The first-order valence-electron chi connectivity index (χ1n) is 11.3. The highest BCUT2D eigenvalue weighted by molar-refractivity contribution is 7.87. The summed E-state index contributed by atoms with van der Waals surface area (Å²) in [6.45, 7) is 0. The van der Waals surface area contributed by atoms with Crippen LogP contribution < -0.4 is 4.18 Å². The average molecular weight is 504 g/mol. The average Bonchev–Trinajstić information content (AvgIpc) is 3.62. The van der Waals surface area contributed by atoms with E-state index < -0.39 is 27.6 Å². The number of nitrogens with zero attached hydrogens (tertiary/aromatic N) is 3. The molecule has 36 heavy (non-hydrogen) atoms. The van der Waals surface area contributed by atoms with Gasteiger partial charge in [-0.3, -0.25) is 0 Å². The number of ether oxygens (including phenoxy) is 1. The number of fused-ring (bicyclic) bond motifs is 2. The van der Waals surface area contributed by atoms with Gasteiger partial charge in [0.15, 0.2) is 0 Å². The molecule has 2 aliphatic rings. The first-order chi connectivity index (χ1) is 17.4. The van der Waals surface area contributed by atoms with Gasteiger partial charge in [-0.15, -0.1) is 0 Å². The third-order valence-corrected chi connectivity index (χ3v) is 8.06. The Morgan fingerprint density at radius 2 is 1.47 bits per heavy atom.